The molecule has 1 unspecified atom stereocenters. The van der Waals surface area contributed by atoms with Crippen molar-refractivity contribution >= 4 is 29.2 Å². The molecule has 2 bridgehead atoms. The number of hydrogen-bond donors (Lipinski definition) is 2. The van der Waals surface area contributed by atoms with Crippen LogP contribution in [0.15, 0.2) is 23.4 Å². The maximum Gasteiger partial charge on any atom is 0.316 e. The molecule has 3 aliphatic rings. The number of carbonyl (C=O) groups is 2. The van der Waals surface area contributed by atoms with E-state index < -0.39 is 23.0 Å². The Morgan fingerprint density at radius 2 is 2.03 bits per heavy atom. The molecule has 0 radical (unpaired) electrons. The Kier molecular flexibility index (Phi) is 6.84. The number of ether oxygens (including phenoxy) is 1. The summed E-state index contributed by atoms with van der Waals surface area (Å²) in [5.41, 5.74) is 5.23. The van der Waals surface area contributed by atoms with Crippen LogP contribution in [0.3, 0.4) is 0 Å². The number of Topliss-reactive ketones (excluding diaryl/α,β-unsaturated/α-hetero) is 1. The van der Waals surface area contributed by atoms with E-state index in [1.54, 1.807) is 18.3 Å². The van der Waals surface area contributed by atoms with E-state index in [0.29, 0.717) is 23.6 Å². The molecule has 0 aliphatic heterocycles. The molecule has 3 N–H and O–H groups in total. The zero-order chi connectivity index (χ0) is 24.9. The molecule has 8 atom stereocenters. The zero-order valence-electron chi connectivity index (χ0n) is 21.2. The van der Waals surface area contributed by atoms with E-state index in [0.717, 1.165) is 25.7 Å². The molecule has 3 fully saturated rings. The van der Waals surface area contributed by atoms with E-state index in [-0.39, 0.29) is 40.7 Å². The highest BCUT2D eigenvalue weighted by Crippen LogP contribution is 2.68. The predicted octanol–water partition coefficient (Wildman–Crippen LogP) is 4.89. The monoisotopic (exact) mass is 488 g/mol. The SMILES string of the molecule is CC[C@]1(C)C[C@@H](OC(=O)CSc2ccc(N)cn2)[C@@]2(C)C3C(=O)CC[C@@]3(CC[C@H]2C)[C@@H](C)[C@@H]1O. The normalized spacial score (nSPS) is 41.9. The smallest absolute Gasteiger partial charge is 0.316 e. The molecule has 0 aromatic carbocycles. The Morgan fingerprint density at radius 1 is 1.29 bits per heavy atom. The summed E-state index contributed by atoms with van der Waals surface area (Å²) in [6.07, 6.45) is 5.29. The van der Waals surface area contributed by atoms with Crippen LogP contribution >= 0.6 is 11.8 Å². The molecule has 3 saturated carbocycles. The summed E-state index contributed by atoms with van der Waals surface area (Å²) in [5.74, 6) is 0.229. The Bertz CT molecular complexity index is 939. The number of anilines is 1. The highest BCUT2D eigenvalue weighted by molar-refractivity contribution is 7.99. The second-order valence-electron chi connectivity index (χ2n) is 11.6. The lowest BCUT2D eigenvalue weighted by Crippen LogP contribution is -2.63. The summed E-state index contributed by atoms with van der Waals surface area (Å²) >= 11 is 1.33. The average Bonchev–Trinajstić information content (AvgIpc) is 3.17. The van der Waals surface area contributed by atoms with Gasteiger partial charge in [0.25, 0.3) is 0 Å². The maximum atomic E-state index is 13.4. The second kappa shape index (κ2) is 9.12. The first-order chi connectivity index (χ1) is 16.0. The fourth-order valence-electron chi connectivity index (χ4n) is 7.51. The van der Waals surface area contributed by atoms with Crippen LogP contribution in [0.5, 0.6) is 0 Å². The first kappa shape index (κ1) is 25.5. The van der Waals surface area contributed by atoms with Crippen molar-refractivity contribution in [2.24, 2.45) is 34.0 Å². The average molecular weight is 489 g/mol. The van der Waals surface area contributed by atoms with Gasteiger partial charge in [0.15, 0.2) is 0 Å². The summed E-state index contributed by atoms with van der Waals surface area (Å²) in [5, 5.41) is 12.4. The Balaban J connectivity index is 1.67. The summed E-state index contributed by atoms with van der Waals surface area (Å²) in [6.45, 7) is 10.8. The van der Waals surface area contributed by atoms with Gasteiger partial charge in [-0.05, 0) is 66.9 Å². The van der Waals surface area contributed by atoms with Gasteiger partial charge in [0.1, 0.15) is 11.9 Å². The van der Waals surface area contributed by atoms with Crippen LogP contribution in [0.25, 0.3) is 0 Å². The minimum absolute atomic E-state index is 0.0320. The van der Waals surface area contributed by atoms with E-state index in [9.17, 15) is 14.7 Å². The van der Waals surface area contributed by atoms with Crippen LogP contribution in [0, 0.1) is 34.0 Å². The van der Waals surface area contributed by atoms with Gasteiger partial charge in [-0.25, -0.2) is 4.98 Å². The van der Waals surface area contributed by atoms with E-state index in [1.807, 2.05) is 0 Å². The number of aliphatic hydroxyl groups is 1. The first-order valence-electron chi connectivity index (χ1n) is 12.7. The molecular formula is C27H40N2O4S. The molecule has 1 aromatic rings. The number of carbonyl (C=O) groups excluding carboxylic acids is 2. The standard InChI is InChI=1S/C27H40N2O4S/c1-6-25(4)13-20(33-22(31)15-34-21-8-7-18(28)14-29-21)26(5)16(2)9-11-27(17(3)24(25)32)12-10-19(30)23(26)27/h7-8,14,16-17,20,23-24,32H,6,9-13,15,28H2,1-5H3/t16-,17+,20-,23?,24+,25-,26+,27+/m1/s1. The quantitative estimate of drug-likeness (QED) is 0.449. The van der Waals surface area contributed by atoms with Crippen molar-refractivity contribution in [3.8, 4) is 0 Å². The minimum atomic E-state index is -0.543. The lowest BCUT2D eigenvalue weighted by Gasteiger charge is -2.62. The second-order valence-corrected chi connectivity index (χ2v) is 12.6. The minimum Gasteiger partial charge on any atom is -0.461 e. The number of nitrogens with two attached hydrogens (primary N) is 1. The van der Waals surface area contributed by atoms with Crippen molar-refractivity contribution in [2.75, 3.05) is 11.5 Å². The van der Waals surface area contributed by atoms with Crippen molar-refractivity contribution < 1.29 is 19.4 Å². The van der Waals surface area contributed by atoms with Gasteiger partial charge in [-0.1, -0.05) is 46.4 Å². The molecule has 0 spiro atoms. The summed E-state index contributed by atoms with van der Waals surface area (Å²) in [6, 6.07) is 3.56. The van der Waals surface area contributed by atoms with Crippen molar-refractivity contribution in [1.29, 1.82) is 0 Å². The fourth-order valence-corrected chi connectivity index (χ4v) is 8.14. The van der Waals surface area contributed by atoms with E-state index >= 15 is 0 Å². The third kappa shape index (κ3) is 3.97. The van der Waals surface area contributed by atoms with E-state index in [2.05, 4.69) is 39.6 Å². The lowest BCUT2D eigenvalue weighted by molar-refractivity contribution is -0.211. The molecule has 6 nitrogen and oxygen atoms in total. The number of rotatable bonds is 5. The third-order valence-electron chi connectivity index (χ3n) is 10.1. The zero-order valence-corrected chi connectivity index (χ0v) is 22.0. The van der Waals surface area contributed by atoms with E-state index in [4.69, 9.17) is 10.5 Å². The number of nitrogens with zero attached hydrogens (tertiary/aromatic N) is 1. The number of pyridine rings is 1. The number of thioether (sulfide) groups is 1. The van der Waals surface area contributed by atoms with Crippen LogP contribution < -0.4 is 5.73 Å². The van der Waals surface area contributed by atoms with Crippen LogP contribution in [0.1, 0.15) is 73.1 Å². The van der Waals surface area contributed by atoms with Crippen LogP contribution in [-0.4, -0.2) is 39.8 Å². The Labute approximate surface area is 207 Å². The molecule has 7 heteroatoms. The summed E-state index contributed by atoms with van der Waals surface area (Å²) in [7, 11) is 0. The van der Waals surface area contributed by atoms with Gasteiger partial charge in [0, 0.05) is 17.8 Å². The molecule has 1 heterocycles. The Morgan fingerprint density at radius 3 is 2.68 bits per heavy atom. The van der Waals surface area contributed by atoms with Crippen LogP contribution in [0.4, 0.5) is 5.69 Å². The predicted molar refractivity (Wildman–Crippen MR) is 134 cm³/mol. The van der Waals surface area contributed by atoms with Crippen molar-refractivity contribution in [3.05, 3.63) is 18.3 Å². The van der Waals surface area contributed by atoms with Gasteiger partial charge in [-0.15, -0.1) is 0 Å². The van der Waals surface area contributed by atoms with Crippen LogP contribution in [0.2, 0.25) is 0 Å². The summed E-state index contributed by atoms with van der Waals surface area (Å²) < 4.78 is 6.29. The number of ketones is 1. The van der Waals surface area contributed by atoms with Gasteiger partial charge < -0.3 is 15.6 Å². The van der Waals surface area contributed by atoms with Crippen molar-refractivity contribution in [3.63, 3.8) is 0 Å². The van der Waals surface area contributed by atoms with Gasteiger partial charge in [-0.3, -0.25) is 9.59 Å². The molecule has 1 aromatic heterocycles. The van der Waals surface area contributed by atoms with Gasteiger partial charge in [-0.2, -0.15) is 0 Å². The number of hydrogen-bond acceptors (Lipinski definition) is 7. The fraction of sp³-hybridized carbons (Fsp3) is 0.741. The molecule has 0 amide bonds. The molecule has 188 valence electrons. The molecular weight excluding hydrogens is 448 g/mol. The lowest BCUT2D eigenvalue weighted by atomic mass is 9.43. The molecule has 34 heavy (non-hydrogen) atoms. The van der Waals surface area contributed by atoms with Crippen LogP contribution in [-0.2, 0) is 14.3 Å². The van der Waals surface area contributed by atoms with Crippen molar-refractivity contribution in [1.82, 2.24) is 4.98 Å². The van der Waals surface area contributed by atoms with Gasteiger partial charge in [0.05, 0.1) is 28.8 Å². The largest absolute Gasteiger partial charge is 0.461 e. The maximum absolute atomic E-state index is 13.4. The van der Waals surface area contributed by atoms with Crippen molar-refractivity contribution in [2.45, 2.75) is 90.4 Å². The highest BCUT2D eigenvalue weighted by Gasteiger charge is 2.68. The number of aromatic nitrogens is 1. The summed E-state index contributed by atoms with van der Waals surface area (Å²) in [4.78, 5) is 30.8. The highest BCUT2D eigenvalue weighted by atomic mass is 32.2. The van der Waals surface area contributed by atoms with E-state index in [1.165, 1.54) is 11.8 Å². The molecule has 4 rings (SSSR count). The van der Waals surface area contributed by atoms with Gasteiger partial charge >= 0.3 is 5.97 Å². The topological polar surface area (TPSA) is 103 Å². The molecule has 3 aliphatic carbocycles. The third-order valence-corrected chi connectivity index (χ3v) is 11.0. The number of esters is 1. The number of nitrogen functional groups attached to an aromatic ring is 1. The first-order valence-corrected chi connectivity index (χ1v) is 13.7. The number of aliphatic hydroxyl groups excluding tert-OH is 1. The van der Waals surface area contributed by atoms with Gasteiger partial charge in [0.2, 0.25) is 0 Å². The Hall–Kier alpha value is -1.60. The molecule has 0 saturated heterocycles.